The van der Waals surface area contributed by atoms with Crippen molar-refractivity contribution in [3.63, 3.8) is 0 Å². The van der Waals surface area contributed by atoms with E-state index in [1.165, 1.54) is 49.9 Å². The standard InChI is InChI=1S/C18H27N3.HI/c1-15-4-6-16(7-5-15)8-12-20-17(19-2)21-13-11-18(14-21)9-3-10-18;/h4-7H,3,8-14H2,1-2H3,(H,19,20);1H. The van der Waals surface area contributed by atoms with Gasteiger partial charge in [-0.25, -0.2) is 0 Å². The van der Waals surface area contributed by atoms with E-state index in [0.29, 0.717) is 5.41 Å². The van der Waals surface area contributed by atoms with Crippen LogP contribution in [0.3, 0.4) is 0 Å². The summed E-state index contributed by atoms with van der Waals surface area (Å²) < 4.78 is 0. The minimum atomic E-state index is 0. The molecule has 4 heteroatoms. The van der Waals surface area contributed by atoms with Gasteiger partial charge in [0.25, 0.3) is 0 Å². The molecule has 122 valence electrons. The molecular formula is C18H28IN3. The SMILES string of the molecule is CN=C(NCCc1ccc(C)cc1)N1CCC2(CCC2)C1.I. The van der Waals surface area contributed by atoms with Gasteiger partial charge in [-0.05, 0) is 43.6 Å². The van der Waals surface area contributed by atoms with Crippen LogP contribution >= 0.6 is 24.0 Å². The summed E-state index contributed by atoms with van der Waals surface area (Å²) in [5.41, 5.74) is 3.35. The lowest BCUT2D eigenvalue weighted by atomic mass is 9.68. The topological polar surface area (TPSA) is 27.6 Å². The van der Waals surface area contributed by atoms with Crippen LogP contribution in [0.25, 0.3) is 0 Å². The van der Waals surface area contributed by atoms with Crippen molar-refractivity contribution in [3.05, 3.63) is 35.4 Å². The Balaban J connectivity index is 0.00000176. The predicted octanol–water partition coefficient (Wildman–Crippen LogP) is 3.61. The fraction of sp³-hybridized carbons (Fsp3) is 0.611. The van der Waals surface area contributed by atoms with Crippen molar-refractivity contribution in [3.8, 4) is 0 Å². The van der Waals surface area contributed by atoms with Crippen LogP contribution in [-0.2, 0) is 6.42 Å². The van der Waals surface area contributed by atoms with Crippen molar-refractivity contribution >= 4 is 29.9 Å². The molecule has 1 N–H and O–H groups in total. The van der Waals surface area contributed by atoms with Gasteiger partial charge in [-0.2, -0.15) is 0 Å². The van der Waals surface area contributed by atoms with Gasteiger partial charge in [-0.3, -0.25) is 4.99 Å². The highest BCUT2D eigenvalue weighted by Gasteiger charge is 2.43. The van der Waals surface area contributed by atoms with Gasteiger partial charge in [-0.1, -0.05) is 36.2 Å². The maximum atomic E-state index is 4.47. The van der Waals surface area contributed by atoms with Gasteiger partial charge in [-0.15, -0.1) is 24.0 Å². The van der Waals surface area contributed by atoms with Gasteiger partial charge >= 0.3 is 0 Å². The van der Waals surface area contributed by atoms with Gasteiger partial charge in [0.05, 0.1) is 0 Å². The summed E-state index contributed by atoms with van der Waals surface area (Å²) in [6.45, 7) is 5.47. The molecule has 1 aliphatic heterocycles. The third-order valence-corrected chi connectivity index (χ3v) is 5.18. The Morgan fingerprint density at radius 3 is 2.50 bits per heavy atom. The molecule has 1 saturated carbocycles. The fourth-order valence-electron chi connectivity index (χ4n) is 3.61. The molecule has 22 heavy (non-hydrogen) atoms. The van der Waals surface area contributed by atoms with Crippen LogP contribution in [0.2, 0.25) is 0 Å². The molecule has 0 aromatic heterocycles. The first-order valence-electron chi connectivity index (χ1n) is 8.22. The van der Waals surface area contributed by atoms with E-state index in [9.17, 15) is 0 Å². The minimum absolute atomic E-state index is 0. The molecule has 0 bridgehead atoms. The Bertz CT molecular complexity index is 506. The third kappa shape index (κ3) is 3.94. The first-order valence-corrected chi connectivity index (χ1v) is 8.22. The number of hydrogen-bond donors (Lipinski definition) is 1. The normalized spacial score (nSPS) is 19.7. The van der Waals surface area contributed by atoms with Crippen LogP contribution in [0.4, 0.5) is 0 Å². The average molecular weight is 413 g/mol. The molecule has 2 fully saturated rings. The Kier molecular flexibility index (Phi) is 6.12. The largest absolute Gasteiger partial charge is 0.356 e. The molecule has 1 aromatic carbocycles. The average Bonchev–Trinajstić information content (AvgIpc) is 2.91. The molecule has 3 nitrogen and oxygen atoms in total. The Labute approximate surface area is 151 Å². The van der Waals surface area contributed by atoms with Gasteiger partial charge < -0.3 is 10.2 Å². The quantitative estimate of drug-likeness (QED) is 0.466. The first kappa shape index (κ1) is 17.6. The number of benzene rings is 1. The molecule has 2 aliphatic rings. The van der Waals surface area contributed by atoms with Crippen molar-refractivity contribution in [2.45, 2.75) is 39.0 Å². The lowest BCUT2D eigenvalue weighted by Crippen LogP contribution is -2.43. The molecule has 0 radical (unpaired) electrons. The third-order valence-electron chi connectivity index (χ3n) is 5.18. The highest BCUT2D eigenvalue weighted by atomic mass is 127. The number of rotatable bonds is 3. The van der Waals surface area contributed by atoms with E-state index in [2.05, 4.69) is 46.4 Å². The first-order chi connectivity index (χ1) is 10.2. The van der Waals surface area contributed by atoms with E-state index < -0.39 is 0 Å². The maximum Gasteiger partial charge on any atom is 0.193 e. The number of guanidine groups is 1. The Morgan fingerprint density at radius 2 is 1.95 bits per heavy atom. The zero-order chi connectivity index (χ0) is 14.7. The molecule has 1 saturated heterocycles. The second-order valence-corrected chi connectivity index (χ2v) is 6.73. The van der Waals surface area contributed by atoms with E-state index in [-0.39, 0.29) is 24.0 Å². The van der Waals surface area contributed by atoms with Gasteiger partial charge in [0.1, 0.15) is 0 Å². The summed E-state index contributed by atoms with van der Waals surface area (Å²) >= 11 is 0. The summed E-state index contributed by atoms with van der Waals surface area (Å²) in [6.07, 6.45) is 6.67. The lowest BCUT2D eigenvalue weighted by molar-refractivity contribution is 0.151. The number of aryl methyl sites for hydroxylation is 1. The molecule has 0 amide bonds. The number of likely N-dealkylation sites (tertiary alicyclic amines) is 1. The van der Waals surface area contributed by atoms with Crippen molar-refractivity contribution in [2.24, 2.45) is 10.4 Å². The van der Waals surface area contributed by atoms with Crippen LogP contribution in [0.1, 0.15) is 36.8 Å². The van der Waals surface area contributed by atoms with E-state index >= 15 is 0 Å². The highest BCUT2D eigenvalue weighted by Crippen LogP contribution is 2.47. The smallest absolute Gasteiger partial charge is 0.193 e. The van der Waals surface area contributed by atoms with Gasteiger partial charge in [0.2, 0.25) is 0 Å². The second kappa shape index (κ2) is 7.66. The summed E-state index contributed by atoms with van der Waals surface area (Å²) in [7, 11) is 1.90. The zero-order valence-electron chi connectivity index (χ0n) is 13.8. The van der Waals surface area contributed by atoms with Crippen molar-refractivity contribution in [1.29, 1.82) is 0 Å². The molecular weight excluding hydrogens is 385 g/mol. The summed E-state index contributed by atoms with van der Waals surface area (Å²) in [5.74, 6) is 1.09. The number of nitrogens with one attached hydrogen (secondary N) is 1. The summed E-state index contributed by atoms with van der Waals surface area (Å²) in [4.78, 5) is 6.92. The monoisotopic (exact) mass is 413 g/mol. The lowest BCUT2D eigenvalue weighted by Gasteiger charge is -2.38. The molecule has 3 rings (SSSR count). The second-order valence-electron chi connectivity index (χ2n) is 6.73. The van der Waals surface area contributed by atoms with Crippen LogP contribution < -0.4 is 5.32 Å². The molecule has 1 heterocycles. The predicted molar refractivity (Wildman–Crippen MR) is 104 cm³/mol. The van der Waals surface area contributed by atoms with Crippen LogP contribution in [0.15, 0.2) is 29.3 Å². The van der Waals surface area contributed by atoms with Gasteiger partial charge in [0, 0.05) is 26.7 Å². The Hall–Kier alpha value is -0.780. The van der Waals surface area contributed by atoms with Crippen molar-refractivity contribution in [1.82, 2.24) is 10.2 Å². The van der Waals surface area contributed by atoms with Crippen LogP contribution in [-0.4, -0.2) is 37.5 Å². The zero-order valence-corrected chi connectivity index (χ0v) is 16.1. The highest BCUT2D eigenvalue weighted by molar-refractivity contribution is 14.0. The fourth-order valence-corrected chi connectivity index (χ4v) is 3.61. The number of halogens is 1. The molecule has 1 aromatic rings. The number of aliphatic imine (C=N–C) groups is 1. The molecule has 0 atom stereocenters. The van der Waals surface area contributed by atoms with E-state index in [4.69, 9.17) is 0 Å². The molecule has 0 unspecified atom stereocenters. The van der Waals surface area contributed by atoms with E-state index in [1.54, 1.807) is 0 Å². The van der Waals surface area contributed by atoms with Gasteiger partial charge in [0.15, 0.2) is 5.96 Å². The Morgan fingerprint density at radius 1 is 1.23 bits per heavy atom. The summed E-state index contributed by atoms with van der Waals surface area (Å²) in [5, 5.41) is 3.54. The van der Waals surface area contributed by atoms with Crippen LogP contribution in [0.5, 0.6) is 0 Å². The summed E-state index contributed by atoms with van der Waals surface area (Å²) in [6, 6.07) is 8.81. The number of hydrogen-bond acceptors (Lipinski definition) is 1. The number of nitrogens with zero attached hydrogens (tertiary/aromatic N) is 2. The molecule has 1 aliphatic carbocycles. The maximum absolute atomic E-state index is 4.47. The van der Waals surface area contributed by atoms with Crippen molar-refractivity contribution < 1.29 is 0 Å². The molecule has 1 spiro atoms. The van der Waals surface area contributed by atoms with E-state index in [1.807, 2.05) is 7.05 Å². The van der Waals surface area contributed by atoms with Crippen LogP contribution in [0, 0.1) is 12.3 Å². The van der Waals surface area contributed by atoms with E-state index in [0.717, 1.165) is 18.9 Å². The van der Waals surface area contributed by atoms with Crippen molar-refractivity contribution in [2.75, 3.05) is 26.7 Å². The minimum Gasteiger partial charge on any atom is -0.356 e.